The number of nitrogens with one attached hydrogen (secondary N) is 1. The summed E-state index contributed by atoms with van der Waals surface area (Å²) in [5.41, 5.74) is 5.81. The van der Waals surface area contributed by atoms with Gasteiger partial charge in [-0.05, 0) is 38.5 Å². The number of rotatable bonds is 3. The molecule has 2 rings (SSSR count). The van der Waals surface area contributed by atoms with Crippen LogP contribution in [0.5, 0.6) is 0 Å². The maximum atomic E-state index is 12.1. The summed E-state index contributed by atoms with van der Waals surface area (Å²) in [4.78, 5) is 23.1. The van der Waals surface area contributed by atoms with Gasteiger partial charge < -0.3 is 16.2 Å². The first-order valence-electron chi connectivity index (χ1n) is 6.86. The van der Waals surface area contributed by atoms with Crippen LogP contribution in [0.15, 0.2) is 0 Å². The third-order valence-corrected chi connectivity index (χ3v) is 4.30. The Kier molecular flexibility index (Phi) is 4.22. The minimum Gasteiger partial charge on any atom is -0.481 e. The van der Waals surface area contributed by atoms with Crippen LogP contribution in [0, 0.1) is 11.8 Å². The molecular weight excluding hydrogens is 232 g/mol. The molecule has 0 radical (unpaired) electrons. The van der Waals surface area contributed by atoms with Crippen molar-refractivity contribution < 1.29 is 14.7 Å². The molecule has 2 saturated carbocycles. The number of hydrogen-bond acceptors (Lipinski definition) is 3. The number of carboxylic acids is 1. The van der Waals surface area contributed by atoms with Crippen LogP contribution in [0.3, 0.4) is 0 Å². The number of carbonyl (C=O) groups excluding carboxylic acids is 1. The van der Waals surface area contributed by atoms with E-state index in [-0.39, 0.29) is 23.9 Å². The van der Waals surface area contributed by atoms with E-state index in [1.807, 2.05) is 0 Å². The lowest BCUT2D eigenvalue weighted by Crippen LogP contribution is -2.44. The van der Waals surface area contributed by atoms with Crippen molar-refractivity contribution in [3.05, 3.63) is 0 Å². The number of aliphatic carboxylic acids is 1. The van der Waals surface area contributed by atoms with E-state index < -0.39 is 11.9 Å². The van der Waals surface area contributed by atoms with Gasteiger partial charge in [0.1, 0.15) is 0 Å². The average molecular weight is 254 g/mol. The predicted molar refractivity (Wildman–Crippen MR) is 66.8 cm³/mol. The first-order valence-corrected chi connectivity index (χ1v) is 6.86. The fourth-order valence-corrected chi connectivity index (χ4v) is 3.11. The molecule has 0 spiro atoms. The van der Waals surface area contributed by atoms with Crippen LogP contribution in [0.1, 0.15) is 44.9 Å². The highest BCUT2D eigenvalue weighted by molar-refractivity contribution is 5.80. The highest BCUT2D eigenvalue weighted by Gasteiger charge is 2.35. The number of carboxylic acid groups (broad SMARTS) is 1. The van der Waals surface area contributed by atoms with Gasteiger partial charge in [0.2, 0.25) is 5.91 Å². The second-order valence-corrected chi connectivity index (χ2v) is 5.60. The minimum absolute atomic E-state index is 0.0276. The summed E-state index contributed by atoms with van der Waals surface area (Å²) in [6.07, 6.45) is 5.80. The number of amides is 1. The molecule has 2 fully saturated rings. The lowest BCUT2D eigenvalue weighted by Gasteiger charge is -2.27. The second kappa shape index (κ2) is 5.69. The Bertz CT molecular complexity index is 324. The van der Waals surface area contributed by atoms with Gasteiger partial charge >= 0.3 is 5.97 Å². The van der Waals surface area contributed by atoms with Gasteiger partial charge in [-0.1, -0.05) is 6.42 Å². The Labute approximate surface area is 107 Å². The second-order valence-electron chi connectivity index (χ2n) is 5.60. The van der Waals surface area contributed by atoms with E-state index in [4.69, 9.17) is 10.8 Å². The Morgan fingerprint density at radius 3 is 2.33 bits per heavy atom. The van der Waals surface area contributed by atoms with Gasteiger partial charge in [0.15, 0.2) is 0 Å². The topological polar surface area (TPSA) is 92.4 Å². The van der Waals surface area contributed by atoms with E-state index in [1.54, 1.807) is 0 Å². The van der Waals surface area contributed by atoms with Crippen LogP contribution in [0.25, 0.3) is 0 Å². The first-order chi connectivity index (χ1) is 8.58. The number of nitrogens with two attached hydrogens (primary N) is 1. The van der Waals surface area contributed by atoms with E-state index in [0.717, 1.165) is 38.5 Å². The summed E-state index contributed by atoms with van der Waals surface area (Å²) >= 11 is 0. The predicted octanol–water partition coefficient (Wildman–Crippen LogP) is 0.873. The molecule has 4 N–H and O–H groups in total. The Hall–Kier alpha value is -1.10. The average Bonchev–Trinajstić information content (AvgIpc) is 2.78. The van der Waals surface area contributed by atoms with Crippen molar-refractivity contribution in [2.24, 2.45) is 17.6 Å². The highest BCUT2D eigenvalue weighted by Crippen LogP contribution is 2.28. The fraction of sp³-hybridized carbons (Fsp3) is 0.846. The molecule has 0 aliphatic heterocycles. The highest BCUT2D eigenvalue weighted by atomic mass is 16.4. The molecule has 0 aromatic rings. The molecule has 5 heteroatoms. The van der Waals surface area contributed by atoms with Crippen LogP contribution < -0.4 is 11.1 Å². The monoisotopic (exact) mass is 254 g/mol. The molecule has 2 atom stereocenters. The van der Waals surface area contributed by atoms with E-state index in [0.29, 0.717) is 6.42 Å². The third kappa shape index (κ3) is 3.02. The van der Waals surface area contributed by atoms with E-state index in [9.17, 15) is 9.59 Å². The van der Waals surface area contributed by atoms with Gasteiger partial charge in [0.25, 0.3) is 0 Å². The smallest absolute Gasteiger partial charge is 0.308 e. The summed E-state index contributed by atoms with van der Waals surface area (Å²) in [7, 11) is 0. The molecule has 5 nitrogen and oxygen atoms in total. The Morgan fingerprint density at radius 1 is 1.06 bits per heavy atom. The Balaban J connectivity index is 1.85. The summed E-state index contributed by atoms with van der Waals surface area (Å²) in [6.45, 7) is 0. The number of carbonyl (C=O) groups is 2. The summed E-state index contributed by atoms with van der Waals surface area (Å²) in [5.74, 6) is -1.14. The van der Waals surface area contributed by atoms with E-state index >= 15 is 0 Å². The number of hydrogen-bond donors (Lipinski definition) is 3. The van der Waals surface area contributed by atoms with Gasteiger partial charge in [-0.2, -0.15) is 0 Å². The van der Waals surface area contributed by atoms with Gasteiger partial charge in [-0.3, -0.25) is 9.59 Å². The molecular formula is C13H22N2O3. The van der Waals surface area contributed by atoms with Crippen molar-refractivity contribution >= 4 is 11.9 Å². The zero-order valence-corrected chi connectivity index (χ0v) is 10.6. The quantitative estimate of drug-likeness (QED) is 0.697. The summed E-state index contributed by atoms with van der Waals surface area (Å²) in [6, 6.07) is 0.0536. The molecule has 0 bridgehead atoms. The van der Waals surface area contributed by atoms with Crippen LogP contribution in [0.4, 0.5) is 0 Å². The van der Waals surface area contributed by atoms with Crippen LogP contribution >= 0.6 is 0 Å². The molecule has 0 aromatic carbocycles. The lowest BCUT2D eigenvalue weighted by molar-refractivity contribution is -0.142. The van der Waals surface area contributed by atoms with Gasteiger partial charge in [-0.15, -0.1) is 0 Å². The first kappa shape index (κ1) is 13.3. The zero-order valence-electron chi connectivity index (χ0n) is 10.6. The fourth-order valence-electron chi connectivity index (χ4n) is 3.11. The van der Waals surface area contributed by atoms with Gasteiger partial charge in [0.05, 0.1) is 5.92 Å². The normalized spacial score (nSPS) is 36.3. The van der Waals surface area contributed by atoms with Crippen molar-refractivity contribution in [3.63, 3.8) is 0 Å². The van der Waals surface area contributed by atoms with Crippen molar-refractivity contribution in [1.29, 1.82) is 0 Å². The van der Waals surface area contributed by atoms with Crippen molar-refractivity contribution in [2.45, 2.75) is 57.0 Å². The molecule has 0 heterocycles. The van der Waals surface area contributed by atoms with Crippen molar-refractivity contribution in [1.82, 2.24) is 5.32 Å². The largest absolute Gasteiger partial charge is 0.481 e. The maximum absolute atomic E-state index is 12.1. The molecule has 18 heavy (non-hydrogen) atoms. The molecule has 1 amide bonds. The van der Waals surface area contributed by atoms with E-state index in [1.165, 1.54) is 0 Å². The lowest BCUT2D eigenvalue weighted by atomic mass is 9.85. The van der Waals surface area contributed by atoms with Crippen LogP contribution in [-0.4, -0.2) is 29.1 Å². The molecule has 0 aromatic heterocycles. The Morgan fingerprint density at radius 2 is 1.72 bits per heavy atom. The molecule has 0 saturated heterocycles. The summed E-state index contributed by atoms with van der Waals surface area (Å²) < 4.78 is 0. The third-order valence-electron chi connectivity index (χ3n) is 4.30. The van der Waals surface area contributed by atoms with Crippen LogP contribution in [0.2, 0.25) is 0 Å². The molecule has 2 aliphatic carbocycles. The van der Waals surface area contributed by atoms with Gasteiger partial charge in [-0.25, -0.2) is 0 Å². The van der Waals surface area contributed by atoms with Gasteiger partial charge in [0, 0.05) is 18.0 Å². The SMILES string of the molecule is NC1CCC(C(=O)NC2CCCC2C(=O)O)CC1. The van der Waals surface area contributed by atoms with E-state index in [2.05, 4.69) is 5.32 Å². The summed E-state index contributed by atoms with van der Waals surface area (Å²) in [5, 5.41) is 12.0. The minimum atomic E-state index is -0.788. The van der Waals surface area contributed by atoms with Crippen molar-refractivity contribution in [3.8, 4) is 0 Å². The zero-order chi connectivity index (χ0) is 13.1. The molecule has 2 aliphatic rings. The van der Waals surface area contributed by atoms with Crippen LogP contribution in [-0.2, 0) is 9.59 Å². The molecule has 2 unspecified atom stereocenters. The molecule has 102 valence electrons. The maximum Gasteiger partial charge on any atom is 0.308 e. The standard InChI is InChI=1S/C13H22N2O3/c14-9-6-4-8(5-7-9)12(16)15-11-3-1-2-10(11)13(17)18/h8-11H,1-7,14H2,(H,15,16)(H,17,18). The van der Waals surface area contributed by atoms with Crippen molar-refractivity contribution in [2.75, 3.05) is 0 Å².